The molecule has 0 aliphatic heterocycles. The van der Waals surface area contributed by atoms with E-state index in [-0.39, 0.29) is 0 Å². The van der Waals surface area contributed by atoms with Gasteiger partial charge in [-0.1, -0.05) is 36.4 Å². The van der Waals surface area contributed by atoms with Gasteiger partial charge in [-0.2, -0.15) is 5.01 Å². The lowest BCUT2D eigenvalue weighted by atomic mass is 10.1. The first kappa shape index (κ1) is 11.3. The molecule has 0 unspecified atom stereocenters. The van der Waals surface area contributed by atoms with Crippen LogP contribution in [0.2, 0.25) is 0 Å². The van der Waals surface area contributed by atoms with Gasteiger partial charge in [0.15, 0.2) is 0 Å². The molecule has 0 bridgehead atoms. The molecule has 0 aromatic heterocycles. The molecule has 3 nitrogen and oxygen atoms in total. The van der Waals surface area contributed by atoms with Crippen molar-refractivity contribution in [1.82, 2.24) is 0 Å². The van der Waals surface area contributed by atoms with E-state index in [1.165, 1.54) is 5.01 Å². The lowest BCUT2D eigenvalue weighted by Gasteiger charge is -2.19. The summed E-state index contributed by atoms with van der Waals surface area (Å²) in [6.45, 7) is 7.77. The Morgan fingerprint density at radius 3 is 1.59 bits per heavy atom. The second-order valence-corrected chi connectivity index (χ2v) is 3.65. The summed E-state index contributed by atoms with van der Waals surface area (Å²) in [7, 11) is 0. The van der Waals surface area contributed by atoms with Gasteiger partial charge in [0, 0.05) is 0 Å². The maximum absolute atomic E-state index is 11.0. The minimum absolute atomic E-state index is 0.665. The van der Waals surface area contributed by atoms with Crippen molar-refractivity contribution in [2.24, 2.45) is 5.29 Å². The fourth-order valence-electron chi connectivity index (χ4n) is 1.65. The van der Waals surface area contributed by atoms with E-state index in [0.717, 1.165) is 11.1 Å². The summed E-state index contributed by atoms with van der Waals surface area (Å²) in [4.78, 5) is 11.0. The number of nitroso groups, excluding NO2 is 1. The molecule has 0 aliphatic carbocycles. The molecule has 3 heteroatoms. The topological polar surface area (TPSA) is 32.7 Å². The van der Waals surface area contributed by atoms with E-state index < -0.39 is 0 Å². The number of anilines is 2. The third-order valence-corrected chi connectivity index (χ3v) is 2.52. The molecule has 0 saturated heterocycles. The molecule has 17 heavy (non-hydrogen) atoms. The average Bonchev–Trinajstić information content (AvgIpc) is 2.34. The van der Waals surface area contributed by atoms with Gasteiger partial charge >= 0.3 is 0 Å². The second kappa shape index (κ2) is 4.78. The van der Waals surface area contributed by atoms with Crippen LogP contribution in [0.5, 0.6) is 0 Å². The third-order valence-electron chi connectivity index (χ3n) is 2.52. The van der Waals surface area contributed by atoms with Crippen LogP contribution >= 0.6 is 0 Å². The summed E-state index contributed by atoms with van der Waals surface area (Å²) in [6, 6.07) is 14.7. The van der Waals surface area contributed by atoms with Crippen molar-refractivity contribution < 1.29 is 0 Å². The third kappa shape index (κ3) is 2.18. The SMILES string of the molecule is [CH2]c1ccccc1N(N=O)c1ccccc1[CH2]. The van der Waals surface area contributed by atoms with E-state index in [2.05, 4.69) is 19.1 Å². The molecule has 0 amide bonds. The molecular weight excluding hydrogens is 212 g/mol. The highest BCUT2D eigenvalue weighted by Crippen LogP contribution is 2.30. The van der Waals surface area contributed by atoms with E-state index in [1.54, 1.807) is 12.1 Å². The molecule has 0 saturated carbocycles. The Balaban J connectivity index is 2.52. The number of hydrogen-bond donors (Lipinski definition) is 0. The van der Waals surface area contributed by atoms with Crippen LogP contribution in [0.1, 0.15) is 11.1 Å². The Bertz CT molecular complexity index is 492. The van der Waals surface area contributed by atoms with E-state index >= 15 is 0 Å². The van der Waals surface area contributed by atoms with Gasteiger partial charge in [-0.05, 0) is 37.1 Å². The second-order valence-electron chi connectivity index (χ2n) is 3.65. The molecule has 2 radical (unpaired) electrons. The zero-order valence-corrected chi connectivity index (χ0v) is 9.34. The Hall–Kier alpha value is -2.16. The summed E-state index contributed by atoms with van der Waals surface area (Å²) in [5.74, 6) is 0. The lowest BCUT2D eigenvalue weighted by molar-refractivity contribution is 1.06. The highest BCUT2D eigenvalue weighted by atomic mass is 16.3. The number of para-hydroxylation sites is 2. The number of hydrogen-bond acceptors (Lipinski definition) is 2. The van der Waals surface area contributed by atoms with Gasteiger partial charge in [-0.3, -0.25) is 0 Å². The van der Waals surface area contributed by atoms with Gasteiger partial charge in [-0.15, -0.1) is 4.91 Å². The van der Waals surface area contributed by atoms with E-state index in [4.69, 9.17) is 0 Å². The fourth-order valence-corrected chi connectivity index (χ4v) is 1.65. The van der Waals surface area contributed by atoms with Crippen molar-refractivity contribution in [2.45, 2.75) is 0 Å². The summed E-state index contributed by atoms with van der Waals surface area (Å²) in [6.07, 6.45) is 0. The zero-order valence-electron chi connectivity index (χ0n) is 9.34. The molecular formula is C14H12N2O. The van der Waals surface area contributed by atoms with Gasteiger partial charge in [0.1, 0.15) is 0 Å². The molecule has 2 aromatic carbocycles. The predicted octanol–water partition coefficient (Wildman–Crippen LogP) is 3.87. The molecule has 2 rings (SSSR count). The monoisotopic (exact) mass is 224 g/mol. The maximum Gasteiger partial charge on any atom is 0.0717 e. The number of benzene rings is 2. The van der Waals surface area contributed by atoms with Crippen LogP contribution in [-0.2, 0) is 0 Å². The van der Waals surface area contributed by atoms with Crippen molar-refractivity contribution in [3.05, 3.63) is 78.4 Å². The van der Waals surface area contributed by atoms with Crippen LogP contribution in [0.4, 0.5) is 11.4 Å². The Kier molecular flexibility index (Phi) is 3.19. The molecule has 84 valence electrons. The van der Waals surface area contributed by atoms with Crippen LogP contribution < -0.4 is 5.01 Å². The number of rotatable bonds is 3. The first-order valence-corrected chi connectivity index (χ1v) is 5.19. The van der Waals surface area contributed by atoms with Gasteiger partial charge in [0.05, 0.1) is 16.7 Å². The molecule has 0 heterocycles. The van der Waals surface area contributed by atoms with Crippen molar-refractivity contribution in [3.8, 4) is 0 Å². The normalized spacial score (nSPS) is 10.0. The smallest absolute Gasteiger partial charge is 0.0717 e. The summed E-state index contributed by atoms with van der Waals surface area (Å²) in [5, 5.41) is 4.36. The van der Waals surface area contributed by atoms with Crippen LogP contribution in [0.15, 0.2) is 53.8 Å². The molecule has 0 N–H and O–H groups in total. The van der Waals surface area contributed by atoms with Crippen LogP contribution in [-0.4, -0.2) is 0 Å². The largest absolute Gasteiger partial charge is 0.197 e. The first-order valence-electron chi connectivity index (χ1n) is 5.19. The first-order chi connectivity index (χ1) is 8.24. The maximum atomic E-state index is 11.0. The quantitative estimate of drug-likeness (QED) is 0.585. The Labute approximate surface area is 101 Å². The minimum Gasteiger partial charge on any atom is -0.197 e. The predicted molar refractivity (Wildman–Crippen MR) is 69.7 cm³/mol. The van der Waals surface area contributed by atoms with Crippen LogP contribution in [0, 0.1) is 18.8 Å². The highest BCUT2D eigenvalue weighted by Gasteiger charge is 2.13. The van der Waals surface area contributed by atoms with Gasteiger partial charge in [-0.25, -0.2) is 0 Å². The van der Waals surface area contributed by atoms with E-state index in [0.29, 0.717) is 11.4 Å². The molecule has 0 spiro atoms. The minimum atomic E-state index is 0.665. The zero-order chi connectivity index (χ0) is 12.3. The van der Waals surface area contributed by atoms with Crippen molar-refractivity contribution in [1.29, 1.82) is 0 Å². The molecule has 2 aromatic rings. The van der Waals surface area contributed by atoms with Crippen molar-refractivity contribution >= 4 is 11.4 Å². The standard InChI is InChI=1S/C14H12N2O/c1-11-7-3-5-9-13(11)16(15-17)14-10-6-4-8-12(14)2/h3-10H,1-2H2. The Morgan fingerprint density at radius 1 is 0.824 bits per heavy atom. The van der Waals surface area contributed by atoms with Crippen LogP contribution in [0.25, 0.3) is 0 Å². The molecule has 0 aliphatic rings. The van der Waals surface area contributed by atoms with Gasteiger partial charge in [0.25, 0.3) is 0 Å². The molecule has 0 fully saturated rings. The van der Waals surface area contributed by atoms with Gasteiger partial charge in [0.2, 0.25) is 0 Å². The number of nitrogens with zero attached hydrogens (tertiary/aromatic N) is 2. The average molecular weight is 224 g/mol. The van der Waals surface area contributed by atoms with E-state index in [1.807, 2.05) is 36.4 Å². The fraction of sp³-hybridized carbons (Fsp3) is 0. The summed E-state index contributed by atoms with van der Waals surface area (Å²) >= 11 is 0. The summed E-state index contributed by atoms with van der Waals surface area (Å²) in [5.41, 5.74) is 2.82. The molecule has 0 atom stereocenters. The van der Waals surface area contributed by atoms with E-state index in [9.17, 15) is 4.91 Å². The van der Waals surface area contributed by atoms with Crippen LogP contribution in [0.3, 0.4) is 0 Å². The lowest BCUT2D eigenvalue weighted by Crippen LogP contribution is -2.10. The Morgan fingerprint density at radius 2 is 1.24 bits per heavy atom. The van der Waals surface area contributed by atoms with Crippen molar-refractivity contribution in [3.63, 3.8) is 0 Å². The van der Waals surface area contributed by atoms with Crippen molar-refractivity contribution in [2.75, 3.05) is 5.01 Å². The van der Waals surface area contributed by atoms with Gasteiger partial charge < -0.3 is 0 Å². The summed E-state index contributed by atoms with van der Waals surface area (Å²) < 4.78 is 0. The highest BCUT2D eigenvalue weighted by molar-refractivity contribution is 5.69.